The van der Waals surface area contributed by atoms with Gasteiger partial charge in [-0.2, -0.15) is 0 Å². The molecule has 2 aromatic carbocycles. The molecule has 0 aromatic heterocycles. The van der Waals surface area contributed by atoms with Crippen LogP contribution in [0.4, 0.5) is 0 Å². The first-order chi connectivity index (χ1) is 10.2. The lowest BCUT2D eigenvalue weighted by molar-refractivity contribution is -0.128. The number of ether oxygens (including phenoxy) is 3. The van der Waals surface area contributed by atoms with Crippen molar-refractivity contribution in [1.29, 1.82) is 0 Å². The first-order valence-corrected chi connectivity index (χ1v) is 6.39. The molecule has 0 heterocycles. The van der Waals surface area contributed by atoms with Crippen molar-refractivity contribution in [1.82, 2.24) is 0 Å². The van der Waals surface area contributed by atoms with E-state index in [2.05, 4.69) is 0 Å². The van der Waals surface area contributed by atoms with E-state index in [9.17, 15) is 4.79 Å². The third-order valence-corrected chi connectivity index (χ3v) is 2.79. The fraction of sp³-hybridized carbons (Fsp3) is 0.118. The van der Waals surface area contributed by atoms with E-state index < -0.39 is 5.97 Å². The maximum atomic E-state index is 11.7. The van der Waals surface area contributed by atoms with Crippen LogP contribution in [0.5, 0.6) is 17.2 Å². The number of carbonyl (C=O) groups is 1. The minimum absolute atomic E-state index is 0.443. The highest BCUT2D eigenvalue weighted by Crippen LogP contribution is 2.19. The van der Waals surface area contributed by atoms with Gasteiger partial charge in [0.1, 0.15) is 17.2 Å². The van der Waals surface area contributed by atoms with Crippen molar-refractivity contribution in [3.8, 4) is 17.2 Å². The van der Waals surface area contributed by atoms with Gasteiger partial charge in [0.2, 0.25) is 0 Å². The van der Waals surface area contributed by atoms with Gasteiger partial charge in [-0.15, -0.1) is 0 Å². The molecule has 0 bridgehead atoms. The van der Waals surface area contributed by atoms with Gasteiger partial charge >= 0.3 is 5.97 Å². The number of carbonyl (C=O) groups excluding carboxylic acids is 1. The molecular weight excluding hydrogens is 268 g/mol. The Morgan fingerprint density at radius 1 is 0.905 bits per heavy atom. The summed E-state index contributed by atoms with van der Waals surface area (Å²) in [5, 5.41) is 0. The number of esters is 1. The fourth-order valence-corrected chi connectivity index (χ4v) is 1.69. The molecule has 0 saturated heterocycles. The quantitative estimate of drug-likeness (QED) is 0.480. The van der Waals surface area contributed by atoms with Crippen LogP contribution < -0.4 is 14.2 Å². The van der Waals surface area contributed by atoms with Crippen molar-refractivity contribution >= 4 is 12.0 Å². The van der Waals surface area contributed by atoms with Crippen LogP contribution in [0, 0.1) is 0 Å². The zero-order valence-corrected chi connectivity index (χ0v) is 11.9. The molecular formula is C17H16O4. The molecule has 0 fully saturated rings. The Labute approximate surface area is 123 Å². The fourth-order valence-electron chi connectivity index (χ4n) is 1.69. The van der Waals surface area contributed by atoms with E-state index >= 15 is 0 Å². The summed E-state index contributed by atoms with van der Waals surface area (Å²) < 4.78 is 15.3. The molecule has 0 N–H and O–H groups in total. The van der Waals surface area contributed by atoms with E-state index in [0.29, 0.717) is 11.5 Å². The average Bonchev–Trinajstić information content (AvgIpc) is 2.53. The number of methoxy groups -OCH3 is 2. The highest BCUT2D eigenvalue weighted by molar-refractivity contribution is 5.88. The second-order valence-electron chi connectivity index (χ2n) is 4.21. The second kappa shape index (κ2) is 7.14. The Bertz CT molecular complexity index is 629. The Morgan fingerprint density at radius 2 is 1.57 bits per heavy atom. The minimum atomic E-state index is -0.445. The lowest BCUT2D eigenvalue weighted by Crippen LogP contribution is -2.03. The predicted molar refractivity (Wildman–Crippen MR) is 80.7 cm³/mol. The van der Waals surface area contributed by atoms with E-state index in [1.54, 1.807) is 44.6 Å². The summed E-state index contributed by atoms with van der Waals surface area (Å²) in [5.41, 5.74) is 0.887. The molecule has 0 amide bonds. The first kappa shape index (κ1) is 14.7. The summed E-state index contributed by atoms with van der Waals surface area (Å²) in [6.45, 7) is 0. The average molecular weight is 284 g/mol. The van der Waals surface area contributed by atoms with E-state index in [1.807, 2.05) is 24.3 Å². The van der Waals surface area contributed by atoms with Crippen LogP contribution in [0.25, 0.3) is 6.08 Å². The largest absolute Gasteiger partial charge is 0.497 e. The molecule has 0 aliphatic carbocycles. The molecule has 0 aliphatic rings. The summed E-state index contributed by atoms with van der Waals surface area (Å²) in [7, 11) is 3.17. The van der Waals surface area contributed by atoms with E-state index in [4.69, 9.17) is 14.2 Å². The molecule has 2 aromatic rings. The van der Waals surface area contributed by atoms with Crippen molar-refractivity contribution in [2.75, 3.05) is 14.2 Å². The van der Waals surface area contributed by atoms with Crippen molar-refractivity contribution in [3.05, 3.63) is 60.2 Å². The van der Waals surface area contributed by atoms with Crippen LogP contribution in [0.1, 0.15) is 5.56 Å². The van der Waals surface area contributed by atoms with Crippen LogP contribution in [0.15, 0.2) is 54.6 Å². The first-order valence-electron chi connectivity index (χ1n) is 6.39. The van der Waals surface area contributed by atoms with Gasteiger partial charge in [-0.1, -0.05) is 18.2 Å². The Hall–Kier alpha value is -2.75. The third kappa shape index (κ3) is 4.38. The molecule has 2 rings (SSSR count). The lowest BCUT2D eigenvalue weighted by Gasteiger charge is -2.03. The number of rotatable bonds is 5. The van der Waals surface area contributed by atoms with Crippen LogP contribution in [0.2, 0.25) is 0 Å². The number of benzene rings is 2. The van der Waals surface area contributed by atoms with Gasteiger partial charge < -0.3 is 14.2 Å². The molecule has 4 heteroatoms. The molecule has 0 spiro atoms. The molecule has 0 saturated carbocycles. The number of hydrogen-bond donors (Lipinski definition) is 0. The second-order valence-corrected chi connectivity index (χ2v) is 4.21. The summed E-state index contributed by atoms with van der Waals surface area (Å²) >= 11 is 0. The molecule has 21 heavy (non-hydrogen) atoms. The maximum absolute atomic E-state index is 11.7. The zero-order chi connectivity index (χ0) is 15.1. The van der Waals surface area contributed by atoms with Gasteiger partial charge in [-0.3, -0.25) is 0 Å². The molecule has 0 aliphatic heterocycles. The van der Waals surface area contributed by atoms with Gasteiger partial charge in [-0.05, 0) is 35.9 Å². The molecule has 0 unspecified atom stereocenters. The summed E-state index contributed by atoms with van der Waals surface area (Å²) in [6, 6.07) is 14.3. The van der Waals surface area contributed by atoms with Crippen molar-refractivity contribution in [2.45, 2.75) is 0 Å². The number of hydrogen-bond acceptors (Lipinski definition) is 4. The molecule has 4 nitrogen and oxygen atoms in total. The van der Waals surface area contributed by atoms with Gasteiger partial charge in [0.15, 0.2) is 0 Å². The lowest BCUT2D eigenvalue weighted by atomic mass is 10.2. The van der Waals surface area contributed by atoms with Crippen molar-refractivity contribution < 1.29 is 19.0 Å². The normalized spacial score (nSPS) is 10.4. The predicted octanol–water partition coefficient (Wildman–Crippen LogP) is 3.32. The highest BCUT2D eigenvalue weighted by atomic mass is 16.5. The van der Waals surface area contributed by atoms with Crippen LogP contribution in [-0.4, -0.2) is 20.2 Å². The molecule has 108 valence electrons. The Balaban J connectivity index is 1.98. The SMILES string of the molecule is COc1ccc(/C=C/C(=O)Oc2cccc(OC)c2)cc1. The molecule has 0 atom stereocenters. The Kier molecular flexibility index (Phi) is 4.99. The standard InChI is InChI=1S/C17H16O4/c1-19-14-9-6-13(7-10-14)8-11-17(18)21-16-5-3-4-15(12-16)20-2/h3-12H,1-2H3/b11-8+. The highest BCUT2D eigenvalue weighted by Gasteiger charge is 2.02. The van der Waals surface area contributed by atoms with Crippen LogP contribution in [-0.2, 0) is 4.79 Å². The third-order valence-electron chi connectivity index (χ3n) is 2.79. The van der Waals surface area contributed by atoms with Crippen LogP contribution >= 0.6 is 0 Å². The van der Waals surface area contributed by atoms with Gasteiger partial charge in [0.25, 0.3) is 0 Å². The van der Waals surface area contributed by atoms with E-state index in [1.165, 1.54) is 6.08 Å². The van der Waals surface area contributed by atoms with Gasteiger partial charge in [0, 0.05) is 12.1 Å². The van der Waals surface area contributed by atoms with Crippen LogP contribution in [0.3, 0.4) is 0 Å². The van der Waals surface area contributed by atoms with E-state index in [-0.39, 0.29) is 0 Å². The van der Waals surface area contributed by atoms with Crippen molar-refractivity contribution in [3.63, 3.8) is 0 Å². The maximum Gasteiger partial charge on any atom is 0.336 e. The van der Waals surface area contributed by atoms with Crippen molar-refractivity contribution in [2.24, 2.45) is 0 Å². The summed E-state index contributed by atoms with van der Waals surface area (Å²) in [6.07, 6.45) is 3.06. The van der Waals surface area contributed by atoms with E-state index in [0.717, 1.165) is 11.3 Å². The summed E-state index contributed by atoms with van der Waals surface area (Å²) in [4.78, 5) is 11.7. The minimum Gasteiger partial charge on any atom is -0.497 e. The van der Waals surface area contributed by atoms with Gasteiger partial charge in [-0.25, -0.2) is 4.79 Å². The summed E-state index contributed by atoms with van der Waals surface area (Å²) in [5.74, 6) is 1.41. The van der Waals surface area contributed by atoms with Gasteiger partial charge in [0.05, 0.1) is 14.2 Å². The Morgan fingerprint density at radius 3 is 2.24 bits per heavy atom. The molecule has 0 radical (unpaired) electrons. The topological polar surface area (TPSA) is 44.8 Å². The smallest absolute Gasteiger partial charge is 0.336 e. The monoisotopic (exact) mass is 284 g/mol. The zero-order valence-electron chi connectivity index (χ0n) is 11.9.